The number of aliphatic hydroxyl groups is 1. The minimum Gasteiger partial charge on any atom is -0.392 e. The summed E-state index contributed by atoms with van der Waals surface area (Å²) in [6, 6.07) is 12.3. The third kappa shape index (κ3) is 2.30. The van der Waals surface area contributed by atoms with Gasteiger partial charge in [0.2, 0.25) is 0 Å². The van der Waals surface area contributed by atoms with E-state index >= 15 is 0 Å². The first-order valence-electron chi connectivity index (χ1n) is 6.30. The Hall–Kier alpha value is -1.84. The molecule has 1 N–H and O–H groups in total. The van der Waals surface area contributed by atoms with Crippen molar-refractivity contribution in [3.63, 3.8) is 0 Å². The van der Waals surface area contributed by atoms with Crippen LogP contribution in [0.15, 0.2) is 48.7 Å². The third-order valence-electron chi connectivity index (χ3n) is 3.40. The van der Waals surface area contributed by atoms with Crippen LogP contribution in [0.2, 0.25) is 5.02 Å². The molecule has 4 heteroatoms. The van der Waals surface area contributed by atoms with Gasteiger partial charge in [0.05, 0.1) is 6.61 Å². The summed E-state index contributed by atoms with van der Waals surface area (Å²) in [5.74, 6) is -0.341. The molecule has 1 heterocycles. The molecule has 2 aromatic carbocycles. The van der Waals surface area contributed by atoms with Crippen molar-refractivity contribution in [3.05, 3.63) is 70.6 Å². The second-order valence-electron chi connectivity index (χ2n) is 4.69. The summed E-state index contributed by atoms with van der Waals surface area (Å²) in [6.07, 6.45) is 1.91. The lowest BCUT2D eigenvalue weighted by atomic mass is 10.2. The SMILES string of the molecule is OCc1cn(Cc2ccc(F)cc2Cl)c2ccccc12. The number of para-hydroxylation sites is 1. The molecule has 0 aliphatic rings. The molecule has 3 rings (SSSR count). The number of fused-ring (bicyclic) bond motifs is 1. The van der Waals surface area contributed by atoms with Gasteiger partial charge in [-0.05, 0) is 23.8 Å². The van der Waals surface area contributed by atoms with E-state index in [-0.39, 0.29) is 12.4 Å². The molecule has 0 atom stereocenters. The van der Waals surface area contributed by atoms with Gasteiger partial charge in [0.25, 0.3) is 0 Å². The molecule has 0 radical (unpaired) electrons. The summed E-state index contributed by atoms with van der Waals surface area (Å²) in [5, 5.41) is 10.8. The molecule has 0 spiro atoms. The Kier molecular flexibility index (Phi) is 3.47. The van der Waals surface area contributed by atoms with Crippen molar-refractivity contribution in [2.24, 2.45) is 0 Å². The number of hydrogen-bond acceptors (Lipinski definition) is 1. The second kappa shape index (κ2) is 5.27. The zero-order valence-corrected chi connectivity index (χ0v) is 11.4. The van der Waals surface area contributed by atoms with E-state index in [1.54, 1.807) is 6.07 Å². The molecule has 0 bridgehead atoms. The third-order valence-corrected chi connectivity index (χ3v) is 3.75. The predicted molar refractivity (Wildman–Crippen MR) is 78.4 cm³/mol. The van der Waals surface area contributed by atoms with Crippen molar-refractivity contribution in [2.45, 2.75) is 13.2 Å². The molecule has 2 nitrogen and oxygen atoms in total. The lowest BCUT2D eigenvalue weighted by molar-refractivity contribution is 0.283. The molecule has 0 saturated carbocycles. The summed E-state index contributed by atoms with van der Waals surface area (Å²) in [5.41, 5.74) is 2.74. The highest BCUT2D eigenvalue weighted by Gasteiger charge is 2.09. The number of nitrogens with zero attached hydrogens (tertiary/aromatic N) is 1. The summed E-state index contributed by atoms with van der Waals surface area (Å²) in [6.45, 7) is 0.532. The Morgan fingerprint density at radius 1 is 1.10 bits per heavy atom. The lowest BCUT2D eigenvalue weighted by Crippen LogP contribution is -1.99. The first-order valence-corrected chi connectivity index (χ1v) is 6.68. The Balaban J connectivity index is 2.06. The largest absolute Gasteiger partial charge is 0.392 e. The Labute approximate surface area is 121 Å². The van der Waals surface area contributed by atoms with Crippen molar-refractivity contribution >= 4 is 22.5 Å². The van der Waals surface area contributed by atoms with Gasteiger partial charge < -0.3 is 9.67 Å². The van der Waals surface area contributed by atoms with E-state index < -0.39 is 0 Å². The van der Waals surface area contributed by atoms with Crippen LogP contribution in [-0.4, -0.2) is 9.67 Å². The molecule has 3 aromatic rings. The summed E-state index contributed by atoms with van der Waals surface area (Å²) in [7, 11) is 0. The molecule has 0 aliphatic carbocycles. The summed E-state index contributed by atoms with van der Waals surface area (Å²) >= 11 is 6.07. The minimum atomic E-state index is -0.341. The van der Waals surface area contributed by atoms with Gasteiger partial charge in [0, 0.05) is 34.2 Å². The summed E-state index contributed by atoms with van der Waals surface area (Å²) < 4.78 is 15.1. The first-order chi connectivity index (χ1) is 9.69. The van der Waals surface area contributed by atoms with Crippen LogP contribution in [0.25, 0.3) is 10.9 Å². The quantitative estimate of drug-likeness (QED) is 0.775. The number of hydrogen-bond donors (Lipinski definition) is 1. The van der Waals surface area contributed by atoms with Crippen LogP contribution in [-0.2, 0) is 13.2 Å². The monoisotopic (exact) mass is 289 g/mol. The average molecular weight is 290 g/mol. The molecule has 102 valence electrons. The highest BCUT2D eigenvalue weighted by molar-refractivity contribution is 6.31. The fraction of sp³-hybridized carbons (Fsp3) is 0.125. The molecule has 0 saturated heterocycles. The Morgan fingerprint density at radius 3 is 2.65 bits per heavy atom. The van der Waals surface area contributed by atoms with Crippen LogP contribution >= 0.6 is 11.6 Å². The van der Waals surface area contributed by atoms with E-state index in [9.17, 15) is 9.50 Å². The Bertz CT molecular complexity index is 766. The van der Waals surface area contributed by atoms with Crippen LogP contribution in [0.4, 0.5) is 4.39 Å². The smallest absolute Gasteiger partial charge is 0.124 e. The zero-order valence-electron chi connectivity index (χ0n) is 10.7. The van der Waals surface area contributed by atoms with E-state index in [0.717, 1.165) is 22.0 Å². The maximum atomic E-state index is 13.1. The maximum absolute atomic E-state index is 13.1. The lowest BCUT2D eigenvalue weighted by Gasteiger charge is -2.07. The number of benzene rings is 2. The highest BCUT2D eigenvalue weighted by Crippen LogP contribution is 2.24. The van der Waals surface area contributed by atoms with Crippen molar-refractivity contribution in [1.82, 2.24) is 4.57 Å². The van der Waals surface area contributed by atoms with Gasteiger partial charge in [-0.25, -0.2) is 4.39 Å². The fourth-order valence-corrected chi connectivity index (χ4v) is 2.64. The van der Waals surface area contributed by atoms with Gasteiger partial charge in [-0.3, -0.25) is 0 Å². The van der Waals surface area contributed by atoms with Gasteiger partial charge in [-0.1, -0.05) is 35.9 Å². The van der Waals surface area contributed by atoms with Gasteiger partial charge in [0.1, 0.15) is 5.82 Å². The van der Waals surface area contributed by atoms with Crippen LogP contribution in [0, 0.1) is 5.82 Å². The van der Waals surface area contributed by atoms with Gasteiger partial charge in [0.15, 0.2) is 0 Å². The van der Waals surface area contributed by atoms with Crippen molar-refractivity contribution < 1.29 is 9.50 Å². The number of aliphatic hydroxyl groups excluding tert-OH is 1. The highest BCUT2D eigenvalue weighted by atomic mass is 35.5. The zero-order chi connectivity index (χ0) is 14.1. The molecule has 1 aromatic heterocycles. The topological polar surface area (TPSA) is 25.2 Å². The normalized spacial score (nSPS) is 11.2. The van der Waals surface area contributed by atoms with Crippen LogP contribution in [0.3, 0.4) is 0 Å². The van der Waals surface area contributed by atoms with Crippen molar-refractivity contribution in [1.29, 1.82) is 0 Å². The summed E-state index contributed by atoms with van der Waals surface area (Å²) in [4.78, 5) is 0. The number of rotatable bonds is 3. The number of halogens is 2. The van der Waals surface area contributed by atoms with Crippen LogP contribution < -0.4 is 0 Å². The van der Waals surface area contributed by atoms with Gasteiger partial charge >= 0.3 is 0 Å². The first kappa shape index (κ1) is 13.2. The molecule has 0 aliphatic heterocycles. The van der Waals surface area contributed by atoms with E-state index in [0.29, 0.717) is 11.6 Å². The van der Waals surface area contributed by atoms with Crippen molar-refractivity contribution in [2.75, 3.05) is 0 Å². The van der Waals surface area contributed by atoms with Gasteiger partial charge in [-0.2, -0.15) is 0 Å². The van der Waals surface area contributed by atoms with Crippen LogP contribution in [0.1, 0.15) is 11.1 Å². The van der Waals surface area contributed by atoms with E-state index in [1.165, 1.54) is 12.1 Å². The fourth-order valence-electron chi connectivity index (χ4n) is 2.41. The minimum absolute atomic E-state index is 0.00926. The molecule has 0 fully saturated rings. The molecular formula is C16H13ClFNO. The standard InChI is InChI=1S/C16H13ClFNO/c17-15-7-13(18)6-5-11(15)8-19-9-12(10-20)14-3-1-2-4-16(14)19/h1-7,9,20H,8,10H2. The van der Waals surface area contributed by atoms with E-state index in [4.69, 9.17) is 11.6 Å². The van der Waals surface area contributed by atoms with Crippen molar-refractivity contribution in [3.8, 4) is 0 Å². The molecule has 20 heavy (non-hydrogen) atoms. The molecule has 0 amide bonds. The number of aromatic nitrogens is 1. The van der Waals surface area contributed by atoms with Gasteiger partial charge in [-0.15, -0.1) is 0 Å². The molecule has 0 unspecified atom stereocenters. The Morgan fingerprint density at radius 2 is 1.90 bits per heavy atom. The molecular weight excluding hydrogens is 277 g/mol. The van der Waals surface area contributed by atoms with Crippen LogP contribution in [0.5, 0.6) is 0 Å². The second-order valence-corrected chi connectivity index (χ2v) is 5.10. The van der Waals surface area contributed by atoms with E-state index in [1.807, 2.05) is 35.0 Å². The van der Waals surface area contributed by atoms with E-state index in [2.05, 4.69) is 0 Å². The maximum Gasteiger partial charge on any atom is 0.124 e. The predicted octanol–water partition coefficient (Wildman–Crippen LogP) is 3.97. The average Bonchev–Trinajstić information content (AvgIpc) is 2.80.